The van der Waals surface area contributed by atoms with Gasteiger partial charge in [-0.2, -0.15) is 0 Å². The number of benzene rings is 1. The van der Waals surface area contributed by atoms with Gasteiger partial charge in [-0.3, -0.25) is 14.5 Å². The molecule has 0 saturated carbocycles. The molecule has 1 atom stereocenters. The normalized spacial score (nSPS) is 12.0. The Labute approximate surface area is 139 Å². The molecule has 0 radical (unpaired) electrons. The highest BCUT2D eigenvalue weighted by atomic mass is 16.5. The standard InChI is InChI=1S/C18H28N2O3/c1-5-20(6-2)14(3)13-19-18(22)12-11-17(21)15-7-9-16(23-4)10-8-15/h7-10,14H,5-6,11-13H2,1-4H3,(H,19,22). The van der Waals surface area contributed by atoms with Crippen molar-refractivity contribution in [3.63, 3.8) is 0 Å². The summed E-state index contributed by atoms with van der Waals surface area (Å²) in [6, 6.07) is 7.24. The van der Waals surface area contributed by atoms with Gasteiger partial charge >= 0.3 is 0 Å². The molecule has 1 rings (SSSR count). The van der Waals surface area contributed by atoms with Crippen molar-refractivity contribution in [1.29, 1.82) is 0 Å². The predicted octanol–water partition coefficient (Wildman–Crippen LogP) is 2.50. The third kappa shape index (κ3) is 6.40. The summed E-state index contributed by atoms with van der Waals surface area (Å²) >= 11 is 0. The summed E-state index contributed by atoms with van der Waals surface area (Å²) in [6.45, 7) is 8.84. The fourth-order valence-electron chi connectivity index (χ4n) is 2.47. The molecule has 0 fully saturated rings. The highest BCUT2D eigenvalue weighted by Crippen LogP contribution is 2.13. The lowest BCUT2D eigenvalue weighted by Gasteiger charge is -2.26. The molecule has 0 bridgehead atoms. The number of carbonyl (C=O) groups is 2. The van der Waals surface area contributed by atoms with Crippen molar-refractivity contribution in [2.45, 2.75) is 39.7 Å². The van der Waals surface area contributed by atoms with Crippen molar-refractivity contribution in [2.24, 2.45) is 0 Å². The van der Waals surface area contributed by atoms with Gasteiger partial charge in [-0.25, -0.2) is 0 Å². The summed E-state index contributed by atoms with van der Waals surface area (Å²) < 4.78 is 5.06. The van der Waals surface area contributed by atoms with Gasteiger partial charge in [0.25, 0.3) is 0 Å². The fourth-order valence-corrected chi connectivity index (χ4v) is 2.47. The molecular formula is C18H28N2O3. The van der Waals surface area contributed by atoms with E-state index < -0.39 is 0 Å². The highest BCUT2D eigenvalue weighted by Gasteiger charge is 2.13. The molecule has 0 spiro atoms. The Morgan fingerprint density at radius 2 is 1.74 bits per heavy atom. The molecule has 0 saturated heterocycles. The number of nitrogens with zero attached hydrogens (tertiary/aromatic N) is 1. The molecule has 23 heavy (non-hydrogen) atoms. The van der Waals surface area contributed by atoms with Crippen LogP contribution in [-0.4, -0.2) is 49.4 Å². The number of rotatable bonds is 10. The average molecular weight is 320 g/mol. The van der Waals surface area contributed by atoms with Crippen molar-refractivity contribution < 1.29 is 14.3 Å². The fraction of sp³-hybridized carbons (Fsp3) is 0.556. The second-order valence-corrected chi connectivity index (χ2v) is 5.53. The summed E-state index contributed by atoms with van der Waals surface area (Å²) in [5, 5.41) is 2.90. The van der Waals surface area contributed by atoms with E-state index in [1.54, 1.807) is 31.4 Å². The van der Waals surface area contributed by atoms with Crippen LogP contribution in [0, 0.1) is 0 Å². The van der Waals surface area contributed by atoms with Crippen LogP contribution < -0.4 is 10.1 Å². The van der Waals surface area contributed by atoms with Gasteiger partial charge in [0.2, 0.25) is 5.91 Å². The first-order chi connectivity index (χ1) is 11.0. The third-order valence-corrected chi connectivity index (χ3v) is 4.02. The quantitative estimate of drug-likeness (QED) is 0.673. The van der Waals surface area contributed by atoms with Crippen molar-refractivity contribution in [3.8, 4) is 5.75 Å². The molecule has 5 heteroatoms. The topological polar surface area (TPSA) is 58.6 Å². The summed E-state index contributed by atoms with van der Waals surface area (Å²) in [5.41, 5.74) is 0.607. The molecule has 0 aromatic heterocycles. The smallest absolute Gasteiger partial charge is 0.220 e. The average Bonchev–Trinajstić information content (AvgIpc) is 2.58. The van der Waals surface area contributed by atoms with E-state index in [0.717, 1.165) is 13.1 Å². The Morgan fingerprint density at radius 1 is 1.13 bits per heavy atom. The van der Waals surface area contributed by atoms with Gasteiger partial charge in [0.15, 0.2) is 5.78 Å². The summed E-state index contributed by atoms with van der Waals surface area (Å²) in [7, 11) is 1.58. The van der Waals surface area contributed by atoms with E-state index in [4.69, 9.17) is 4.74 Å². The molecule has 1 amide bonds. The van der Waals surface area contributed by atoms with Crippen LogP contribution in [0.2, 0.25) is 0 Å². The van der Waals surface area contributed by atoms with Crippen molar-refractivity contribution in [2.75, 3.05) is 26.7 Å². The van der Waals surface area contributed by atoms with Gasteiger partial charge in [-0.15, -0.1) is 0 Å². The van der Waals surface area contributed by atoms with Crippen LogP contribution in [-0.2, 0) is 4.79 Å². The minimum absolute atomic E-state index is 0.0282. The van der Waals surface area contributed by atoms with E-state index in [9.17, 15) is 9.59 Å². The highest BCUT2D eigenvalue weighted by molar-refractivity contribution is 5.98. The second-order valence-electron chi connectivity index (χ2n) is 5.53. The van der Waals surface area contributed by atoms with E-state index in [0.29, 0.717) is 23.9 Å². The minimum atomic E-state index is -0.0779. The van der Waals surface area contributed by atoms with Gasteiger partial charge in [-0.05, 0) is 44.3 Å². The first-order valence-corrected chi connectivity index (χ1v) is 8.19. The zero-order valence-electron chi connectivity index (χ0n) is 14.6. The van der Waals surface area contributed by atoms with Crippen molar-refractivity contribution in [3.05, 3.63) is 29.8 Å². The van der Waals surface area contributed by atoms with Gasteiger partial charge in [0.05, 0.1) is 7.11 Å². The van der Waals surface area contributed by atoms with Crippen molar-refractivity contribution in [1.82, 2.24) is 10.2 Å². The van der Waals surface area contributed by atoms with Crippen molar-refractivity contribution >= 4 is 11.7 Å². The third-order valence-electron chi connectivity index (χ3n) is 4.02. The SMILES string of the molecule is CCN(CC)C(C)CNC(=O)CCC(=O)c1ccc(OC)cc1. The van der Waals surface area contributed by atoms with Gasteiger partial charge in [-0.1, -0.05) is 13.8 Å². The predicted molar refractivity (Wildman–Crippen MR) is 92.0 cm³/mol. The number of ether oxygens (including phenoxy) is 1. The molecule has 1 N–H and O–H groups in total. The van der Waals surface area contributed by atoms with E-state index in [2.05, 4.69) is 31.0 Å². The van der Waals surface area contributed by atoms with Crippen LogP contribution in [0.1, 0.15) is 44.0 Å². The van der Waals surface area contributed by atoms with Gasteiger partial charge in [0, 0.05) is 31.0 Å². The van der Waals surface area contributed by atoms with E-state index in [1.165, 1.54) is 0 Å². The van der Waals surface area contributed by atoms with Crippen LogP contribution in [0.25, 0.3) is 0 Å². The number of Topliss-reactive ketones (excluding diaryl/α,β-unsaturated/α-hetero) is 1. The largest absolute Gasteiger partial charge is 0.497 e. The Bertz CT molecular complexity index is 495. The monoisotopic (exact) mass is 320 g/mol. The Hall–Kier alpha value is -1.88. The molecule has 5 nitrogen and oxygen atoms in total. The zero-order chi connectivity index (χ0) is 17.2. The molecule has 0 aliphatic carbocycles. The molecular weight excluding hydrogens is 292 g/mol. The lowest BCUT2D eigenvalue weighted by molar-refractivity contribution is -0.121. The lowest BCUT2D eigenvalue weighted by Crippen LogP contribution is -2.42. The van der Waals surface area contributed by atoms with Crippen LogP contribution in [0.5, 0.6) is 5.75 Å². The lowest BCUT2D eigenvalue weighted by atomic mass is 10.1. The van der Waals surface area contributed by atoms with Crippen LogP contribution in [0.15, 0.2) is 24.3 Å². The Kier molecular flexibility index (Phi) is 8.33. The summed E-state index contributed by atoms with van der Waals surface area (Å²) in [6.07, 6.45) is 0.438. The number of methoxy groups -OCH3 is 1. The number of likely N-dealkylation sites (N-methyl/N-ethyl adjacent to an activating group) is 1. The Morgan fingerprint density at radius 3 is 2.26 bits per heavy atom. The number of carbonyl (C=O) groups excluding carboxylic acids is 2. The summed E-state index contributed by atoms with van der Waals surface area (Å²) in [4.78, 5) is 26.2. The van der Waals surface area contributed by atoms with E-state index in [-0.39, 0.29) is 24.5 Å². The molecule has 1 aromatic carbocycles. The van der Waals surface area contributed by atoms with E-state index in [1.807, 2.05) is 0 Å². The maximum atomic E-state index is 12.1. The van der Waals surface area contributed by atoms with E-state index >= 15 is 0 Å². The minimum Gasteiger partial charge on any atom is -0.497 e. The second kappa shape index (κ2) is 10.0. The molecule has 0 aliphatic rings. The number of hydrogen-bond donors (Lipinski definition) is 1. The number of amides is 1. The maximum Gasteiger partial charge on any atom is 0.220 e. The molecule has 0 heterocycles. The zero-order valence-corrected chi connectivity index (χ0v) is 14.6. The number of hydrogen-bond acceptors (Lipinski definition) is 4. The first kappa shape index (κ1) is 19.2. The van der Waals surface area contributed by atoms with Gasteiger partial charge < -0.3 is 10.1 Å². The number of nitrogens with one attached hydrogen (secondary N) is 1. The molecule has 0 aliphatic heterocycles. The molecule has 128 valence electrons. The Balaban J connectivity index is 2.36. The van der Waals surface area contributed by atoms with Gasteiger partial charge in [0.1, 0.15) is 5.75 Å². The molecule has 1 unspecified atom stereocenters. The molecule has 1 aromatic rings. The van der Waals surface area contributed by atoms with Crippen LogP contribution in [0.4, 0.5) is 0 Å². The van der Waals surface area contributed by atoms with Crippen LogP contribution in [0.3, 0.4) is 0 Å². The number of ketones is 1. The van der Waals surface area contributed by atoms with Crippen LogP contribution >= 0.6 is 0 Å². The maximum absolute atomic E-state index is 12.1. The first-order valence-electron chi connectivity index (χ1n) is 8.19. The summed E-state index contributed by atoms with van der Waals surface area (Å²) in [5.74, 6) is 0.607.